The first-order chi connectivity index (χ1) is 14.7. The third-order valence-corrected chi connectivity index (χ3v) is 5.59. The maximum atomic E-state index is 4.80. The molecule has 1 unspecified atom stereocenters. The number of hydrogen-bond acceptors (Lipinski definition) is 6. The van der Waals surface area contributed by atoms with Crippen molar-refractivity contribution in [2.45, 2.75) is 32.4 Å². The Kier molecular flexibility index (Phi) is 5.07. The zero-order chi connectivity index (χ0) is 20.3. The minimum Gasteiger partial charge on any atom is -0.309 e. The molecule has 0 saturated carbocycles. The Labute approximate surface area is 176 Å². The van der Waals surface area contributed by atoms with Crippen LogP contribution in [0.4, 0.5) is 11.8 Å². The van der Waals surface area contributed by atoms with E-state index in [1.807, 2.05) is 49.8 Å². The van der Waals surface area contributed by atoms with E-state index in [0.717, 1.165) is 42.1 Å². The monoisotopic (exact) mass is 396 g/mol. The van der Waals surface area contributed by atoms with Gasteiger partial charge in [-0.05, 0) is 67.8 Å². The average Bonchev–Trinajstić information content (AvgIpc) is 3.24. The number of anilines is 2. The van der Waals surface area contributed by atoms with Crippen molar-refractivity contribution in [3.63, 3.8) is 0 Å². The van der Waals surface area contributed by atoms with Gasteiger partial charge in [0.25, 0.3) is 0 Å². The van der Waals surface area contributed by atoms with Crippen LogP contribution in [0.5, 0.6) is 0 Å². The predicted molar refractivity (Wildman–Crippen MR) is 118 cm³/mol. The first kappa shape index (κ1) is 18.6. The van der Waals surface area contributed by atoms with Gasteiger partial charge in [-0.3, -0.25) is 9.88 Å². The van der Waals surface area contributed by atoms with Gasteiger partial charge in [0.15, 0.2) is 0 Å². The van der Waals surface area contributed by atoms with Gasteiger partial charge >= 0.3 is 0 Å². The summed E-state index contributed by atoms with van der Waals surface area (Å²) in [5, 5.41) is 4.41. The maximum Gasteiger partial charge on any atom is 0.228 e. The summed E-state index contributed by atoms with van der Waals surface area (Å²) in [5.74, 6) is 1.35. The molecule has 30 heavy (non-hydrogen) atoms. The summed E-state index contributed by atoms with van der Waals surface area (Å²) < 4.78 is 0. The van der Waals surface area contributed by atoms with Gasteiger partial charge in [0, 0.05) is 30.5 Å². The molecule has 1 aliphatic heterocycles. The number of benzene rings is 1. The maximum absolute atomic E-state index is 4.80. The molecule has 5 rings (SSSR count). The number of pyridine rings is 2. The molecular weight excluding hydrogens is 372 g/mol. The van der Waals surface area contributed by atoms with Crippen molar-refractivity contribution in [2.75, 3.05) is 11.9 Å². The van der Waals surface area contributed by atoms with Gasteiger partial charge < -0.3 is 5.32 Å². The number of fused-ring (bicyclic) bond motifs is 1. The van der Waals surface area contributed by atoms with Crippen molar-refractivity contribution in [3.8, 4) is 0 Å². The normalized spacial score (nSPS) is 16.8. The van der Waals surface area contributed by atoms with Crippen LogP contribution in [0.2, 0.25) is 0 Å². The van der Waals surface area contributed by atoms with E-state index in [2.05, 4.69) is 49.4 Å². The van der Waals surface area contributed by atoms with Gasteiger partial charge in [0.05, 0.1) is 17.3 Å². The lowest BCUT2D eigenvalue weighted by Crippen LogP contribution is -2.23. The quantitative estimate of drug-likeness (QED) is 0.522. The van der Waals surface area contributed by atoms with Crippen molar-refractivity contribution >= 4 is 22.7 Å². The fraction of sp³-hybridized carbons (Fsp3) is 0.250. The summed E-state index contributed by atoms with van der Waals surface area (Å²) in [4.78, 5) is 20.5. The highest BCUT2D eigenvalue weighted by atomic mass is 15.2. The molecule has 0 spiro atoms. The minimum absolute atomic E-state index is 0.295. The lowest BCUT2D eigenvalue weighted by atomic mass is 10.1. The van der Waals surface area contributed by atoms with E-state index in [4.69, 9.17) is 4.98 Å². The Hall–Kier alpha value is -3.38. The number of rotatable bonds is 5. The molecule has 1 saturated heterocycles. The van der Waals surface area contributed by atoms with Gasteiger partial charge in [0.2, 0.25) is 5.95 Å². The summed E-state index contributed by atoms with van der Waals surface area (Å²) in [6.45, 7) is 4.00. The van der Waals surface area contributed by atoms with Gasteiger partial charge in [-0.2, -0.15) is 0 Å². The largest absolute Gasteiger partial charge is 0.309 e. The first-order valence-electron chi connectivity index (χ1n) is 10.3. The number of hydrogen-bond donors (Lipinski definition) is 1. The van der Waals surface area contributed by atoms with Crippen LogP contribution in [0, 0.1) is 6.92 Å². The standard InChI is InChI=1S/C24H24N6/c1-17-6-9-23(27-15-17)29-24-26-12-10-21(28-24)22-5-3-13-30(22)16-18-7-8-20-19(14-18)4-2-11-25-20/h2,4,6-12,14-15,22H,3,5,13,16H2,1H3,(H,26,27,28,29). The molecule has 0 amide bonds. The fourth-order valence-electron chi connectivity index (χ4n) is 4.08. The second-order valence-electron chi connectivity index (χ2n) is 7.81. The second kappa shape index (κ2) is 8.16. The molecule has 4 heterocycles. The molecule has 1 aromatic carbocycles. The van der Waals surface area contributed by atoms with Gasteiger partial charge in [-0.1, -0.05) is 18.2 Å². The topological polar surface area (TPSA) is 66.8 Å². The van der Waals surface area contributed by atoms with Crippen molar-refractivity contribution in [1.29, 1.82) is 0 Å². The summed E-state index contributed by atoms with van der Waals surface area (Å²) in [7, 11) is 0. The molecule has 6 heteroatoms. The van der Waals surface area contributed by atoms with E-state index >= 15 is 0 Å². The number of nitrogens with zero attached hydrogens (tertiary/aromatic N) is 5. The molecule has 4 aromatic rings. The third kappa shape index (κ3) is 4.00. The number of likely N-dealkylation sites (tertiary alicyclic amines) is 1. The number of aryl methyl sites for hydroxylation is 1. The third-order valence-electron chi connectivity index (χ3n) is 5.59. The highest BCUT2D eigenvalue weighted by Crippen LogP contribution is 2.32. The molecular formula is C24H24N6. The van der Waals surface area contributed by atoms with E-state index in [-0.39, 0.29) is 0 Å². The van der Waals surface area contributed by atoms with Crippen LogP contribution < -0.4 is 5.32 Å². The van der Waals surface area contributed by atoms with Crippen LogP contribution in [0.1, 0.15) is 35.7 Å². The highest BCUT2D eigenvalue weighted by molar-refractivity contribution is 5.78. The molecule has 0 bridgehead atoms. The van der Waals surface area contributed by atoms with Gasteiger partial charge in [-0.15, -0.1) is 0 Å². The minimum atomic E-state index is 0.295. The molecule has 0 aliphatic carbocycles. The lowest BCUT2D eigenvalue weighted by Gasteiger charge is -2.24. The molecule has 0 radical (unpaired) electrons. The Morgan fingerprint density at radius 2 is 2.00 bits per heavy atom. The SMILES string of the molecule is Cc1ccc(Nc2nccc(C3CCCN3Cc3ccc4ncccc4c3)n2)nc1. The first-order valence-corrected chi connectivity index (χ1v) is 10.3. The molecule has 3 aromatic heterocycles. The molecule has 6 nitrogen and oxygen atoms in total. The number of nitrogens with one attached hydrogen (secondary N) is 1. The van der Waals surface area contributed by atoms with Gasteiger partial charge in [-0.25, -0.2) is 15.0 Å². The van der Waals surface area contributed by atoms with E-state index in [9.17, 15) is 0 Å². The van der Waals surface area contributed by atoms with E-state index in [0.29, 0.717) is 12.0 Å². The zero-order valence-electron chi connectivity index (χ0n) is 17.0. The summed E-state index contributed by atoms with van der Waals surface area (Å²) in [5.41, 5.74) is 4.52. The van der Waals surface area contributed by atoms with E-state index in [1.54, 1.807) is 0 Å². The Morgan fingerprint density at radius 1 is 1.03 bits per heavy atom. The summed E-state index contributed by atoms with van der Waals surface area (Å²) >= 11 is 0. The summed E-state index contributed by atoms with van der Waals surface area (Å²) in [6, 6.07) is 16.9. The Bertz CT molecular complexity index is 1160. The zero-order valence-corrected chi connectivity index (χ0v) is 17.0. The van der Waals surface area contributed by atoms with Crippen LogP contribution in [0.25, 0.3) is 10.9 Å². The van der Waals surface area contributed by atoms with Crippen molar-refractivity contribution in [3.05, 3.63) is 83.9 Å². The van der Waals surface area contributed by atoms with E-state index in [1.165, 1.54) is 17.4 Å². The smallest absolute Gasteiger partial charge is 0.228 e. The second-order valence-corrected chi connectivity index (χ2v) is 7.81. The van der Waals surface area contributed by atoms with E-state index < -0.39 is 0 Å². The van der Waals surface area contributed by atoms with Crippen LogP contribution in [-0.2, 0) is 6.54 Å². The Morgan fingerprint density at radius 3 is 2.90 bits per heavy atom. The van der Waals surface area contributed by atoms with Crippen molar-refractivity contribution < 1.29 is 0 Å². The number of aromatic nitrogens is 4. The summed E-state index contributed by atoms with van der Waals surface area (Å²) in [6.07, 6.45) is 7.78. The molecule has 1 aliphatic rings. The molecule has 1 N–H and O–H groups in total. The fourth-order valence-corrected chi connectivity index (χ4v) is 4.08. The average molecular weight is 396 g/mol. The highest BCUT2D eigenvalue weighted by Gasteiger charge is 2.27. The lowest BCUT2D eigenvalue weighted by molar-refractivity contribution is 0.244. The van der Waals surface area contributed by atoms with Crippen LogP contribution in [0.15, 0.2) is 67.1 Å². The van der Waals surface area contributed by atoms with Crippen molar-refractivity contribution in [2.24, 2.45) is 0 Å². The van der Waals surface area contributed by atoms with Crippen LogP contribution in [0.3, 0.4) is 0 Å². The predicted octanol–water partition coefficient (Wildman–Crippen LogP) is 4.81. The van der Waals surface area contributed by atoms with Crippen molar-refractivity contribution in [1.82, 2.24) is 24.8 Å². The van der Waals surface area contributed by atoms with Gasteiger partial charge in [0.1, 0.15) is 5.82 Å². The Balaban J connectivity index is 1.34. The molecule has 1 atom stereocenters. The van der Waals surface area contributed by atoms with Crippen LogP contribution in [-0.4, -0.2) is 31.4 Å². The molecule has 1 fully saturated rings. The molecule has 150 valence electrons. The van der Waals surface area contributed by atoms with Crippen LogP contribution >= 0.6 is 0 Å².